The minimum absolute atomic E-state index is 0.00685. The van der Waals surface area contributed by atoms with E-state index in [4.69, 9.17) is 4.52 Å². The molecular weight excluding hydrogens is 266 g/mol. The number of nitrogens with one attached hydrogen (secondary N) is 1. The predicted octanol–water partition coefficient (Wildman–Crippen LogP) is 0.908. The van der Waals surface area contributed by atoms with Crippen LogP contribution in [0.3, 0.4) is 0 Å². The Hall–Kier alpha value is -1.96. The molecule has 1 saturated heterocycles. The maximum absolute atomic E-state index is 11.0. The first-order valence-electron chi connectivity index (χ1n) is 5.98. The highest BCUT2D eigenvalue weighted by Crippen LogP contribution is 2.29. The molecule has 1 unspecified atom stereocenters. The third-order valence-electron chi connectivity index (χ3n) is 2.94. The third-order valence-corrected chi connectivity index (χ3v) is 3.94. The van der Waals surface area contributed by atoms with E-state index in [2.05, 4.69) is 25.6 Å². The van der Waals surface area contributed by atoms with Gasteiger partial charge in [0.1, 0.15) is 12.0 Å². The Labute approximate surface area is 113 Å². The van der Waals surface area contributed by atoms with Gasteiger partial charge in [-0.1, -0.05) is 16.5 Å². The van der Waals surface area contributed by atoms with E-state index in [1.54, 1.807) is 6.07 Å². The molecule has 100 valence electrons. The molecule has 8 heteroatoms. The van der Waals surface area contributed by atoms with Crippen molar-refractivity contribution in [3.8, 4) is 10.7 Å². The van der Waals surface area contributed by atoms with Crippen molar-refractivity contribution in [1.29, 1.82) is 0 Å². The molecule has 1 N–H and O–H groups in total. The molecule has 1 atom stereocenters. The molecule has 0 aliphatic carbocycles. The molecule has 19 heavy (non-hydrogen) atoms. The number of hydrogen-bond acceptors (Lipinski definition) is 7. The van der Waals surface area contributed by atoms with E-state index < -0.39 is 0 Å². The lowest BCUT2D eigenvalue weighted by molar-refractivity contribution is -0.119. The number of anilines is 1. The van der Waals surface area contributed by atoms with Crippen LogP contribution in [0.4, 0.5) is 5.13 Å². The molecule has 0 saturated carbocycles. The van der Waals surface area contributed by atoms with Crippen LogP contribution in [0.1, 0.15) is 13.3 Å². The van der Waals surface area contributed by atoms with Crippen LogP contribution >= 0.6 is 11.3 Å². The van der Waals surface area contributed by atoms with Crippen molar-refractivity contribution in [3.05, 3.63) is 12.3 Å². The molecular formula is C11H13N5O2S. The van der Waals surface area contributed by atoms with Crippen LogP contribution in [0.2, 0.25) is 0 Å². The number of hydrogen-bond donors (Lipinski definition) is 1. The average molecular weight is 279 g/mol. The summed E-state index contributed by atoms with van der Waals surface area (Å²) in [4.78, 5) is 13.2. The van der Waals surface area contributed by atoms with Crippen molar-refractivity contribution in [3.63, 3.8) is 0 Å². The van der Waals surface area contributed by atoms with Crippen molar-refractivity contribution in [2.45, 2.75) is 19.4 Å². The molecule has 1 aliphatic heterocycles. The second-order valence-electron chi connectivity index (χ2n) is 4.41. The van der Waals surface area contributed by atoms with E-state index >= 15 is 0 Å². The van der Waals surface area contributed by atoms with Gasteiger partial charge in [-0.3, -0.25) is 4.79 Å². The number of amides is 1. The molecule has 7 nitrogen and oxygen atoms in total. The van der Waals surface area contributed by atoms with E-state index in [-0.39, 0.29) is 11.9 Å². The van der Waals surface area contributed by atoms with Crippen molar-refractivity contribution in [2.75, 3.05) is 18.0 Å². The van der Waals surface area contributed by atoms with Crippen LogP contribution in [-0.4, -0.2) is 40.4 Å². The average Bonchev–Trinajstić information content (AvgIpc) is 3.09. The zero-order valence-corrected chi connectivity index (χ0v) is 11.2. The van der Waals surface area contributed by atoms with Gasteiger partial charge in [-0.15, -0.1) is 10.2 Å². The molecule has 0 aromatic carbocycles. The number of carbonyl (C=O) groups is 1. The highest BCUT2D eigenvalue weighted by Gasteiger charge is 2.25. The summed E-state index contributed by atoms with van der Waals surface area (Å²) in [5.74, 6) is 0.00685. The van der Waals surface area contributed by atoms with Gasteiger partial charge in [-0.25, -0.2) is 0 Å². The Morgan fingerprint density at radius 2 is 2.47 bits per heavy atom. The smallest absolute Gasteiger partial charge is 0.217 e. The minimum atomic E-state index is 0.00685. The molecule has 2 aromatic heterocycles. The fraction of sp³-hybridized carbons (Fsp3) is 0.455. The first kappa shape index (κ1) is 12.1. The number of aromatic nitrogens is 3. The second kappa shape index (κ2) is 4.96. The molecule has 1 fully saturated rings. The Bertz CT molecular complexity index is 567. The van der Waals surface area contributed by atoms with E-state index in [9.17, 15) is 4.79 Å². The summed E-state index contributed by atoms with van der Waals surface area (Å²) in [5.41, 5.74) is 0.696. The first-order chi connectivity index (χ1) is 9.22. The lowest BCUT2D eigenvalue weighted by Gasteiger charge is -2.14. The molecule has 0 bridgehead atoms. The normalized spacial score (nSPS) is 18.8. The largest absolute Gasteiger partial charge is 0.364 e. The van der Waals surface area contributed by atoms with Gasteiger partial charge in [0.15, 0.2) is 5.01 Å². The Morgan fingerprint density at radius 1 is 1.58 bits per heavy atom. The van der Waals surface area contributed by atoms with Gasteiger partial charge < -0.3 is 14.7 Å². The van der Waals surface area contributed by atoms with Gasteiger partial charge in [0.25, 0.3) is 0 Å². The standard InChI is InChI=1S/C11H13N5O2S/c1-7(17)12-8-2-4-16(6-8)11-14-13-10(19-11)9-3-5-18-15-9/h3,5,8H,2,4,6H2,1H3,(H,12,17). The van der Waals surface area contributed by atoms with Gasteiger partial charge in [-0.2, -0.15) is 0 Å². The van der Waals surface area contributed by atoms with Gasteiger partial charge in [0, 0.05) is 32.1 Å². The number of carbonyl (C=O) groups excluding carboxylic acids is 1. The first-order valence-corrected chi connectivity index (χ1v) is 6.80. The lowest BCUT2D eigenvalue weighted by Crippen LogP contribution is -2.35. The Morgan fingerprint density at radius 3 is 3.21 bits per heavy atom. The van der Waals surface area contributed by atoms with Crippen LogP contribution < -0.4 is 10.2 Å². The summed E-state index contributed by atoms with van der Waals surface area (Å²) in [6.07, 6.45) is 2.44. The zero-order chi connectivity index (χ0) is 13.2. The van der Waals surface area contributed by atoms with Gasteiger partial charge in [-0.05, 0) is 6.42 Å². The quantitative estimate of drug-likeness (QED) is 0.899. The van der Waals surface area contributed by atoms with E-state index in [0.717, 1.165) is 29.6 Å². The van der Waals surface area contributed by atoms with Gasteiger partial charge in [0.05, 0.1) is 0 Å². The molecule has 0 radical (unpaired) electrons. The van der Waals surface area contributed by atoms with Crippen molar-refractivity contribution in [2.24, 2.45) is 0 Å². The van der Waals surface area contributed by atoms with E-state index in [1.807, 2.05) is 0 Å². The predicted molar refractivity (Wildman–Crippen MR) is 69.8 cm³/mol. The van der Waals surface area contributed by atoms with Crippen LogP contribution in [0.25, 0.3) is 10.7 Å². The van der Waals surface area contributed by atoms with Crippen LogP contribution in [0.15, 0.2) is 16.9 Å². The molecule has 0 spiro atoms. The van der Waals surface area contributed by atoms with E-state index in [1.165, 1.54) is 24.5 Å². The number of nitrogens with zero attached hydrogens (tertiary/aromatic N) is 4. The highest BCUT2D eigenvalue weighted by molar-refractivity contribution is 7.18. The summed E-state index contributed by atoms with van der Waals surface area (Å²) in [6, 6.07) is 1.95. The van der Waals surface area contributed by atoms with E-state index in [0.29, 0.717) is 5.69 Å². The van der Waals surface area contributed by atoms with Crippen molar-refractivity contribution < 1.29 is 9.32 Å². The highest BCUT2D eigenvalue weighted by atomic mass is 32.1. The van der Waals surface area contributed by atoms with Gasteiger partial charge in [0.2, 0.25) is 11.0 Å². The van der Waals surface area contributed by atoms with Crippen molar-refractivity contribution in [1.82, 2.24) is 20.7 Å². The second-order valence-corrected chi connectivity index (χ2v) is 5.36. The molecule has 1 amide bonds. The summed E-state index contributed by atoms with van der Waals surface area (Å²) in [6.45, 7) is 3.18. The summed E-state index contributed by atoms with van der Waals surface area (Å²) in [5, 5.41) is 16.6. The number of rotatable bonds is 3. The summed E-state index contributed by atoms with van der Waals surface area (Å²) in [7, 11) is 0. The summed E-state index contributed by atoms with van der Waals surface area (Å²) >= 11 is 1.48. The molecule has 3 heterocycles. The maximum atomic E-state index is 11.0. The topological polar surface area (TPSA) is 84.2 Å². The molecule has 3 rings (SSSR count). The van der Waals surface area contributed by atoms with Crippen LogP contribution in [-0.2, 0) is 4.79 Å². The lowest BCUT2D eigenvalue weighted by atomic mass is 10.3. The SMILES string of the molecule is CC(=O)NC1CCN(c2nnc(-c3ccon3)s2)C1. The monoisotopic (exact) mass is 279 g/mol. The third kappa shape index (κ3) is 2.58. The van der Waals surface area contributed by atoms with Gasteiger partial charge >= 0.3 is 0 Å². The maximum Gasteiger partial charge on any atom is 0.217 e. The summed E-state index contributed by atoms with van der Waals surface area (Å²) < 4.78 is 4.79. The zero-order valence-electron chi connectivity index (χ0n) is 10.4. The fourth-order valence-electron chi connectivity index (χ4n) is 2.11. The molecule has 1 aliphatic rings. The Kier molecular flexibility index (Phi) is 3.16. The Balaban J connectivity index is 1.69. The van der Waals surface area contributed by atoms with Crippen molar-refractivity contribution >= 4 is 22.4 Å². The fourth-order valence-corrected chi connectivity index (χ4v) is 2.95. The van der Waals surface area contributed by atoms with Crippen LogP contribution in [0.5, 0.6) is 0 Å². The van der Waals surface area contributed by atoms with Crippen LogP contribution in [0, 0.1) is 0 Å². The minimum Gasteiger partial charge on any atom is -0.364 e. The molecule has 2 aromatic rings.